The van der Waals surface area contributed by atoms with Gasteiger partial charge in [0.1, 0.15) is 11.3 Å². The minimum atomic E-state index is -0.841. The smallest absolute Gasteiger partial charge is 0.262 e. The average Bonchev–Trinajstić information content (AvgIpc) is 2.69. The van der Waals surface area contributed by atoms with Gasteiger partial charge in [0.2, 0.25) is 5.91 Å². The predicted molar refractivity (Wildman–Crippen MR) is 102 cm³/mol. The normalized spacial score (nSPS) is 17.9. The van der Waals surface area contributed by atoms with Crippen molar-refractivity contribution in [3.05, 3.63) is 23.8 Å². The molecule has 1 aliphatic carbocycles. The number of hydrogen-bond donors (Lipinski definition) is 2. The van der Waals surface area contributed by atoms with Gasteiger partial charge in [-0.2, -0.15) is 0 Å². The molecular weight excluding hydrogens is 346 g/mol. The highest BCUT2D eigenvalue weighted by molar-refractivity contribution is 6.01. The Bertz CT molecular complexity index is 737. The van der Waals surface area contributed by atoms with Gasteiger partial charge < -0.3 is 20.3 Å². The van der Waals surface area contributed by atoms with Crippen molar-refractivity contribution in [2.24, 2.45) is 0 Å². The Morgan fingerprint density at radius 2 is 1.89 bits per heavy atom. The first-order valence-electron chi connectivity index (χ1n) is 9.67. The van der Waals surface area contributed by atoms with Crippen LogP contribution in [0.5, 0.6) is 5.75 Å². The van der Waals surface area contributed by atoms with E-state index in [1.807, 2.05) is 13.8 Å². The van der Waals surface area contributed by atoms with Gasteiger partial charge in [-0.3, -0.25) is 14.4 Å². The molecule has 1 heterocycles. The van der Waals surface area contributed by atoms with Crippen molar-refractivity contribution < 1.29 is 19.1 Å². The molecule has 3 rings (SSSR count). The third-order valence-corrected chi connectivity index (χ3v) is 5.40. The number of carbonyl (C=O) groups excluding carboxylic acids is 3. The van der Waals surface area contributed by atoms with E-state index >= 15 is 0 Å². The Morgan fingerprint density at radius 1 is 1.19 bits per heavy atom. The molecule has 2 N–H and O–H groups in total. The largest absolute Gasteiger partial charge is 0.482 e. The SMILES string of the molecule is CCN(CC)C(=O)C1(NC(=O)c2ccc3c(c2)OCC(=O)N3)CCCCC1. The summed E-state index contributed by atoms with van der Waals surface area (Å²) in [5.41, 5.74) is 0.128. The topological polar surface area (TPSA) is 87.7 Å². The Morgan fingerprint density at radius 3 is 2.56 bits per heavy atom. The summed E-state index contributed by atoms with van der Waals surface area (Å²) in [6, 6.07) is 4.91. The fourth-order valence-electron chi connectivity index (χ4n) is 3.87. The minimum absolute atomic E-state index is 0.00187. The quantitative estimate of drug-likeness (QED) is 0.829. The molecule has 0 radical (unpaired) electrons. The van der Waals surface area contributed by atoms with Crippen LogP contribution in [0.3, 0.4) is 0 Å². The number of rotatable bonds is 5. The van der Waals surface area contributed by atoms with Gasteiger partial charge in [0.05, 0.1) is 5.69 Å². The average molecular weight is 373 g/mol. The van der Waals surface area contributed by atoms with Gasteiger partial charge in [-0.25, -0.2) is 0 Å². The van der Waals surface area contributed by atoms with Crippen molar-refractivity contribution in [3.63, 3.8) is 0 Å². The molecule has 7 nitrogen and oxygen atoms in total. The predicted octanol–water partition coefficient (Wildman–Crippen LogP) is 2.32. The first-order chi connectivity index (χ1) is 13.0. The Kier molecular flexibility index (Phi) is 5.68. The van der Waals surface area contributed by atoms with Crippen molar-refractivity contribution in [2.45, 2.75) is 51.5 Å². The Hall–Kier alpha value is -2.57. The molecule has 27 heavy (non-hydrogen) atoms. The highest BCUT2D eigenvalue weighted by Gasteiger charge is 2.42. The van der Waals surface area contributed by atoms with Gasteiger partial charge in [0, 0.05) is 18.7 Å². The number of likely N-dealkylation sites (N-methyl/N-ethyl adjacent to an activating group) is 1. The van der Waals surface area contributed by atoms with Crippen LogP contribution in [0, 0.1) is 0 Å². The first kappa shape index (κ1) is 19.2. The van der Waals surface area contributed by atoms with Crippen LogP contribution >= 0.6 is 0 Å². The van der Waals surface area contributed by atoms with Crippen LogP contribution in [0.4, 0.5) is 5.69 Å². The lowest BCUT2D eigenvalue weighted by atomic mass is 9.80. The maximum absolute atomic E-state index is 13.2. The summed E-state index contributed by atoms with van der Waals surface area (Å²) in [5, 5.41) is 5.75. The van der Waals surface area contributed by atoms with Crippen molar-refractivity contribution in [2.75, 3.05) is 25.0 Å². The summed E-state index contributed by atoms with van der Waals surface area (Å²) in [6.45, 7) is 5.09. The van der Waals surface area contributed by atoms with Gasteiger partial charge in [0.25, 0.3) is 11.8 Å². The van der Waals surface area contributed by atoms with Crippen LogP contribution < -0.4 is 15.4 Å². The third kappa shape index (κ3) is 3.91. The molecule has 1 aromatic rings. The number of fused-ring (bicyclic) bond motifs is 1. The number of amides is 3. The summed E-state index contributed by atoms with van der Waals surface area (Å²) >= 11 is 0. The van der Waals surface area contributed by atoms with Crippen molar-refractivity contribution in [3.8, 4) is 5.75 Å². The summed E-state index contributed by atoms with van der Waals surface area (Å²) in [4.78, 5) is 39.3. The second-order valence-corrected chi connectivity index (χ2v) is 7.12. The van der Waals surface area contributed by atoms with Crippen LogP contribution in [0.1, 0.15) is 56.3 Å². The lowest BCUT2D eigenvalue weighted by Gasteiger charge is -2.40. The summed E-state index contributed by atoms with van der Waals surface area (Å²) in [7, 11) is 0. The molecule has 1 fully saturated rings. The number of anilines is 1. The molecule has 0 unspecified atom stereocenters. The number of ether oxygens (including phenoxy) is 1. The molecule has 3 amide bonds. The maximum Gasteiger partial charge on any atom is 0.262 e. The van der Waals surface area contributed by atoms with Crippen LogP contribution in [-0.2, 0) is 9.59 Å². The van der Waals surface area contributed by atoms with Gasteiger partial charge >= 0.3 is 0 Å². The van der Waals surface area contributed by atoms with Crippen molar-refractivity contribution in [1.82, 2.24) is 10.2 Å². The fraction of sp³-hybridized carbons (Fsp3) is 0.550. The molecule has 0 atom stereocenters. The molecule has 1 aromatic carbocycles. The van der Waals surface area contributed by atoms with E-state index in [0.717, 1.165) is 19.3 Å². The monoisotopic (exact) mass is 373 g/mol. The molecule has 2 aliphatic rings. The highest BCUT2D eigenvalue weighted by Crippen LogP contribution is 2.32. The van der Waals surface area contributed by atoms with E-state index in [0.29, 0.717) is 42.9 Å². The highest BCUT2D eigenvalue weighted by atomic mass is 16.5. The Labute approximate surface area is 159 Å². The maximum atomic E-state index is 13.2. The molecule has 0 aromatic heterocycles. The zero-order chi connectivity index (χ0) is 19.4. The zero-order valence-corrected chi connectivity index (χ0v) is 16.0. The van der Waals surface area contributed by atoms with Gasteiger partial charge in [-0.15, -0.1) is 0 Å². The molecule has 0 spiro atoms. The van der Waals surface area contributed by atoms with Gasteiger partial charge in [0.15, 0.2) is 6.61 Å². The summed E-state index contributed by atoms with van der Waals surface area (Å²) in [5.74, 6) is -0.0385. The zero-order valence-electron chi connectivity index (χ0n) is 16.0. The van der Waals surface area contributed by atoms with Crippen LogP contribution in [0.25, 0.3) is 0 Å². The van der Waals surface area contributed by atoms with E-state index in [1.165, 1.54) is 0 Å². The van der Waals surface area contributed by atoms with Gasteiger partial charge in [-0.05, 0) is 44.9 Å². The Balaban J connectivity index is 1.82. The third-order valence-electron chi connectivity index (χ3n) is 5.40. The molecule has 1 saturated carbocycles. The number of benzene rings is 1. The van der Waals surface area contributed by atoms with E-state index in [-0.39, 0.29) is 24.3 Å². The molecule has 0 bridgehead atoms. The molecular formula is C20H27N3O4. The van der Waals surface area contributed by atoms with E-state index in [2.05, 4.69) is 10.6 Å². The van der Waals surface area contributed by atoms with Crippen LogP contribution in [0.2, 0.25) is 0 Å². The van der Waals surface area contributed by atoms with Crippen LogP contribution in [-0.4, -0.2) is 47.9 Å². The number of nitrogens with zero attached hydrogens (tertiary/aromatic N) is 1. The molecule has 146 valence electrons. The first-order valence-corrected chi connectivity index (χ1v) is 9.67. The van der Waals surface area contributed by atoms with E-state index in [1.54, 1.807) is 23.1 Å². The number of carbonyl (C=O) groups is 3. The second kappa shape index (κ2) is 7.98. The summed E-state index contributed by atoms with van der Waals surface area (Å²) < 4.78 is 5.39. The summed E-state index contributed by atoms with van der Waals surface area (Å²) in [6.07, 6.45) is 4.24. The molecule has 0 saturated heterocycles. The van der Waals surface area contributed by atoms with Crippen LogP contribution in [0.15, 0.2) is 18.2 Å². The number of hydrogen-bond acceptors (Lipinski definition) is 4. The molecule has 7 heteroatoms. The number of nitrogens with one attached hydrogen (secondary N) is 2. The van der Waals surface area contributed by atoms with Gasteiger partial charge in [-0.1, -0.05) is 19.3 Å². The fourth-order valence-corrected chi connectivity index (χ4v) is 3.87. The van der Waals surface area contributed by atoms with E-state index in [9.17, 15) is 14.4 Å². The van der Waals surface area contributed by atoms with Crippen molar-refractivity contribution in [1.29, 1.82) is 0 Å². The molecule has 1 aliphatic heterocycles. The van der Waals surface area contributed by atoms with Crippen molar-refractivity contribution >= 4 is 23.4 Å². The van der Waals surface area contributed by atoms with E-state index in [4.69, 9.17) is 4.74 Å². The lowest BCUT2D eigenvalue weighted by Crippen LogP contribution is -2.60. The second-order valence-electron chi connectivity index (χ2n) is 7.12. The lowest BCUT2D eigenvalue weighted by molar-refractivity contribution is -0.139. The standard InChI is InChI=1S/C20H27N3O4/c1-3-23(4-2)19(26)20(10-6-5-7-11-20)22-18(25)14-8-9-15-16(12-14)27-13-17(24)21-15/h8-9,12H,3-7,10-11,13H2,1-2H3,(H,21,24)(H,22,25). The van der Waals surface area contributed by atoms with E-state index < -0.39 is 5.54 Å². The minimum Gasteiger partial charge on any atom is -0.482 e.